The molecule has 0 N–H and O–H groups in total. The lowest BCUT2D eigenvalue weighted by molar-refractivity contribution is -0.116. The van der Waals surface area contributed by atoms with E-state index < -0.39 is 0 Å². The maximum Gasteiger partial charge on any atom is 0.180 e. The fraction of sp³-hybridized carbons (Fsp3) is 0.462. The van der Waals surface area contributed by atoms with Gasteiger partial charge in [0.2, 0.25) is 0 Å². The van der Waals surface area contributed by atoms with Crippen molar-refractivity contribution < 1.29 is 14.3 Å². The Labute approximate surface area is 106 Å². The van der Waals surface area contributed by atoms with E-state index in [0.717, 1.165) is 17.5 Å². The molecule has 0 bridgehead atoms. The number of halogens is 1. The van der Waals surface area contributed by atoms with Crippen LogP contribution in [0, 0.1) is 6.92 Å². The molecule has 1 aliphatic rings. The number of rotatable bonds is 2. The van der Waals surface area contributed by atoms with Crippen molar-refractivity contribution in [3.8, 4) is 11.5 Å². The maximum absolute atomic E-state index is 11.2. The van der Waals surface area contributed by atoms with Gasteiger partial charge in [0.15, 0.2) is 11.5 Å². The van der Waals surface area contributed by atoms with E-state index in [1.165, 1.54) is 0 Å². The molecule has 3 nitrogen and oxygen atoms in total. The largest absolute Gasteiger partial charge is 0.489 e. The lowest BCUT2D eigenvalue weighted by Crippen LogP contribution is -2.03. The van der Waals surface area contributed by atoms with Crippen LogP contribution in [0.1, 0.15) is 24.5 Å². The van der Waals surface area contributed by atoms with Crippen LogP contribution in [0.2, 0.25) is 5.02 Å². The lowest BCUT2D eigenvalue weighted by atomic mass is 10.0. The number of ether oxygens (including phenoxy) is 2. The first-order valence-electron chi connectivity index (χ1n) is 5.66. The van der Waals surface area contributed by atoms with Crippen molar-refractivity contribution in [1.29, 1.82) is 0 Å². The van der Waals surface area contributed by atoms with Gasteiger partial charge in [-0.15, -0.1) is 0 Å². The topological polar surface area (TPSA) is 35.5 Å². The molecule has 92 valence electrons. The predicted molar refractivity (Wildman–Crippen MR) is 66.2 cm³/mol. The molecule has 0 fully saturated rings. The number of benzene rings is 1. The fourth-order valence-electron chi connectivity index (χ4n) is 1.92. The van der Waals surface area contributed by atoms with Crippen molar-refractivity contribution >= 4 is 17.4 Å². The maximum atomic E-state index is 11.2. The minimum absolute atomic E-state index is 0.110. The highest BCUT2D eigenvalue weighted by molar-refractivity contribution is 6.32. The van der Waals surface area contributed by atoms with E-state index in [1.54, 1.807) is 13.0 Å². The van der Waals surface area contributed by atoms with Crippen LogP contribution in [0.5, 0.6) is 11.5 Å². The Morgan fingerprint density at radius 2 is 2.00 bits per heavy atom. The zero-order valence-electron chi connectivity index (χ0n) is 10.0. The Kier molecular flexibility index (Phi) is 3.57. The monoisotopic (exact) mass is 254 g/mol. The van der Waals surface area contributed by atoms with E-state index in [0.29, 0.717) is 36.2 Å². The van der Waals surface area contributed by atoms with Crippen molar-refractivity contribution in [2.75, 3.05) is 13.2 Å². The molecule has 0 unspecified atom stereocenters. The van der Waals surface area contributed by atoms with Gasteiger partial charge in [-0.05, 0) is 31.0 Å². The van der Waals surface area contributed by atoms with Crippen molar-refractivity contribution in [2.45, 2.75) is 26.7 Å². The first-order valence-corrected chi connectivity index (χ1v) is 6.04. The standard InChI is InChI=1S/C13H15ClO3/c1-8(15)6-10-7-11(14)13-12(9(10)2)16-4-3-5-17-13/h7H,3-6H2,1-2H3. The van der Waals surface area contributed by atoms with Gasteiger partial charge in [0.05, 0.1) is 18.2 Å². The predicted octanol–water partition coefficient (Wildman–Crippen LogP) is 2.94. The van der Waals surface area contributed by atoms with Gasteiger partial charge in [-0.25, -0.2) is 0 Å². The fourth-order valence-corrected chi connectivity index (χ4v) is 2.19. The molecular formula is C13H15ClO3. The molecule has 1 aliphatic heterocycles. The lowest BCUT2D eigenvalue weighted by Gasteiger charge is -2.15. The van der Waals surface area contributed by atoms with Gasteiger partial charge in [0.25, 0.3) is 0 Å². The summed E-state index contributed by atoms with van der Waals surface area (Å²) in [5.74, 6) is 1.40. The van der Waals surface area contributed by atoms with Crippen molar-refractivity contribution in [3.05, 3.63) is 22.2 Å². The van der Waals surface area contributed by atoms with Gasteiger partial charge in [0.1, 0.15) is 5.78 Å². The molecule has 1 heterocycles. The Balaban J connectivity index is 2.48. The van der Waals surface area contributed by atoms with E-state index >= 15 is 0 Å². The SMILES string of the molecule is CC(=O)Cc1cc(Cl)c2c(c1C)OCCCO2. The Bertz CT molecular complexity index is 454. The average molecular weight is 255 g/mol. The van der Waals surface area contributed by atoms with Crippen LogP contribution in [-0.4, -0.2) is 19.0 Å². The second-order valence-electron chi connectivity index (χ2n) is 4.23. The normalized spacial score (nSPS) is 14.3. The van der Waals surface area contributed by atoms with E-state index in [-0.39, 0.29) is 5.78 Å². The molecule has 0 saturated heterocycles. The van der Waals surface area contributed by atoms with Gasteiger partial charge in [-0.2, -0.15) is 0 Å². The number of hydrogen-bond acceptors (Lipinski definition) is 3. The number of Topliss-reactive ketones (excluding diaryl/α,β-unsaturated/α-hetero) is 1. The number of carbonyl (C=O) groups is 1. The summed E-state index contributed by atoms with van der Waals surface area (Å²) in [5, 5.41) is 0.517. The molecule has 0 radical (unpaired) electrons. The van der Waals surface area contributed by atoms with E-state index in [9.17, 15) is 4.79 Å². The molecule has 0 spiro atoms. The summed E-state index contributed by atoms with van der Waals surface area (Å²) >= 11 is 6.16. The van der Waals surface area contributed by atoms with Crippen LogP contribution in [0.15, 0.2) is 6.07 Å². The molecule has 1 aromatic rings. The number of carbonyl (C=O) groups excluding carboxylic acids is 1. The van der Waals surface area contributed by atoms with Gasteiger partial charge in [0, 0.05) is 12.8 Å². The Hall–Kier alpha value is -1.22. The Morgan fingerprint density at radius 3 is 2.65 bits per heavy atom. The van der Waals surface area contributed by atoms with E-state index in [1.807, 2.05) is 6.92 Å². The van der Waals surface area contributed by atoms with Gasteiger partial charge in [-0.1, -0.05) is 11.6 Å². The molecule has 0 aliphatic carbocycles. The molecule has 1 aromatic carbocycles. The van der Waals surface area contributed by atoms with Gasteiger partial charge in [-0.3, -0.25) is 4.79 Å². The van der Waals surface area contributed by atoms with Crippen LogP contribution in [-0.2, 0) is 11.2 Å². The van der Waals surface area contributed by atoms with E-state index in [4.69, 9.17) is 21.1 Å². The van der Waals surface area contributed by atoms with Gasteiger partial charge >= 0.3 is 0 Å². The molecule has 0 aromatic heterocycles. The molecule has 0 amide bonds. The highest BCUT2D eigenvalue weighted by Gasteiger charge is 2.20. The van der Waals surface area contributed by atoms with Crippen LogP contribution >= 0.6 is 11.6 Å². The molecular weight excluding hydrogens is 240 g/mol. The van der Waals surface area contributed by atoms with Crippen molar-refractivity contribution in [2.24, 2.45) is 0 Å². The van der Waals surface area contributed by atoms with Crippen LogP contribution in [0.3, 0.4) is 0 Å². The smallest absolute Gasteiger partial charge is 0.180 e. The number of hydrogen-bond donors (Lipinski definition) is 0. The molecule has 17 heavy (non-hydrogen) atoms. The third-order valence-corrected chi connectivity index (χ3v) is 3.05. The summed E-state index contributed by atoms with van der Waals surface area (Å²) < 4.78 is 11.2. The third-order valence-electron chi connectivity index (χ3n) is 2.77. The van der Waals surface area contributed by atoms with Crippen molar-refractivity contribution in [1.82, 2.24) is 0 Å². The summed E-state index contributed by atoms with van der Waals surface area (Å²) in [7, 11) is 0. The number of fused-ring (bicyclic) bond motifs is 1. The minimum atomic E-state index is 0.110. The van der Waals surface area contributed by atoms with Crippen LogP contribution in [0.25, 0.3) is 0 Å². The summed E-state index contributed by atoms with van der Waals surface area (Å²) in [4.78, 5) is 11.2. The highest BCUT2D eigenvalue weighted by atomic mass is 35.5. The highest BCUT2D eigenvalue weighted by Crippen LogP contribution is 2.41. The zero-order valence-corrected chi connectivity index (χ0v) is 10.8. The summed E-state index contributed by atoms with van der Waals surface area (Å²) in [6, 6.07) is 1.80. The van der Waals surface area contributed by atoms with Gasteiger partial charge < -0.3 is 9.47 Å². The van der Waals surface area contributed by atoms with Crippen molar-refractivity contribution in [3.63, 3.8) is 0 Å². The molecule has 0 saturated carbocycles. The third kappa shape index (κ3) is 2.55. The second kappa shape index (κ2) is 4.96. The minimum Gasteiger partial charge on any atom is -0.489 e. The molecule has 2 rings (SSSR count). The average Bonchev–Trinajstić information content (AvgIpc) is 2.50. The van der Waals surface area contributed by atoms with E-state index in [2.05, 4.69) is 0 Å². The first kappa shape index (κ1) is 12.2. The summed E-state index contributed by atoms with van der Waals surface area (Å²) in [5.41, 5.74) is 1.85. The van der Waals surface area contributed by atoms with Crippen LogP contribution in [0.4, 0.5) is 0 Å². The summed E-state index contributed by atoms with van der Waals surface area (Å²) in [6.07, 6.45) is 1.22. The molecule has 4 heteroatoms. The summed E-state index contributed by atoms with van der Waals surface area (Å²) in [6.45, 7) is 4.73. The second-order valence-corrected chi connectivity index (χ2v) is 4.64. The quantitative estimate of drug-likeness (QED) is 0.814. The van der Waals surface area contributed by atoms with Crippen LogP contribution < -0.4 is 9.47 Å². The Morgan fingerprint density at radius 1 is 1.35 bits per heavy atom. The number of ketones is 1. The molecule has 0 atom stereocenters. The first-order chi connectivity index (χ1) is 8.09. The zero-order chi connectivity index (χ0) is 12.4.